The number of anilines is 1. The summed E-state index contributed by atoms with van der Waals surface area (Å²) in [6.07, 6.45) is 0.486. The highest BCUT2D eigenvalue weighted by atomic mass is 16.5. The Morgan fingerprint density at radius 1 is 1.24 bits per heavy atom. The fourth-order valence-corrected chi connectivity index (χ4v) is 1.90. The Balaban J connectivity index is 2.76. The molecule has 0 saturated carbocycles. The van der Waals surface area contributed by atoms with E-state index < -0.39 is 12.1 Å². The normalized spacial score (nSPS) is 12.3. The van der Waals surface area contributed by atoms with Crippen molar-refractivity contribution in [2.24, 2.45) is 5.92 Å². The molecule has 0 aromatic heterocycles. The molecule has 0 bridgehead atoms. The number of hydrogen-bond donors (Lipinski definition) is 1. The van der Waals surface area contributed by atoms with Crippen LogP contribution in [0.5, 0.6) is 0 Å². The van der Waals surface area contributed by atoms with Crippen molar-refractivity contribution >= 4 is 23.6 Å². The lowest BCUT2D eigenvalue weighted by molar-refractivity contribution is -0.150. The van der Waals surface area contributed by atoms with E-state index in [1.165, 1.54) is 13.0 Å². The molecule has 0 fully saturated rings. The van der Waals surface area contributed by atoms with Crippen LogP contribution < -0.4 is 10.2 Å². The smallest absolute Gasteiger partial charge is 0.349 e. The quantitative estimate of drug-likeness (QED) is 0.467. The summed E-state index contributed by atoms with van der Waals surface area (Å²) in [6.45, 7) is 5.92. The Hall–Kier alpha value is -2.81. The average Bonchev–Trinajstić information content (AvgIpc) is 2.57. The Morgan fingerprint density at radius 3 is 2.32 bits per heavy atom. The lowest BCUT2D eigenvalue weighted by atomic mass is 10.1. The molecule has 1 aromatic carbocycles. The summed E-state index contributed by atoms with van der Waals surface area (Å²) < 4.78 is 5.08. The summed E-state index contributed by atoms with van der Waals surface area (Å²) in [4.78, 5) is 25.9. The Morgan fingerprint density at radius 2 is 1.84 bits per heavy atom. The molecule has 1 atom stereocenters. The molecule has 0 aliphatic heterocycles. The molecule has 1 amide bonds. The molecular formula is C19H25N3O3. The first kappa shape index (κ1) is 20.2. The lowest BCUT2D eigenvalue weighted by Gasteiger charge is -2.14. The van der Waals surface area contributed by atoms with Crippen molar-refractivity contribution in [3.05, 3.63) is 35.4 Å². The largest absolute Gasteiger partial charge is 0.448 e. The molecule has 0 radical (unpaired) electrons. The Bertz CT molecular complexity index is 670. The molecule has 0 spiro atoms. The van der Waals surface area contributed by atoms with Crippen LogP contribution in [0.3, 0.4) is 0 Å². The van der Waals surface area contributed by atoms with Crippen LogP contribution in [0.4, 0.5) is 5.69 Å². The van der Waals surface area contributed by atoms with E-state index in [0.29, 0.717) is 18.0 Å². The van der Waals surface area contributed by atoms with Gasteiger partial charge in [-0.3, -0.25) is 4.79 Å². The van der Waals surface area contributed by atoms with Crippen LogP contribution in [0, 0.1) is 17.2 Å². The summed E-state index contributed by atoms with van der Waals surface area (Å²) in [7, 11) is 3.85. The van der Waals surface area contributed by atoms with Crippen LogP contribution in [-0.2, 0) is 14.3 Å². The molecule has 1 aromatic rings. The minimum Gasteiger partial charge on any atom is -0.448 e. The number of carbonyl (C=O) groups excluding carboxylic acids is 2. The van der Waals surface area contributed by atoms with Gasteiger partial charge in [-0.2, -0.15) is 5.26 Å². The van der Waals surface area contributed by atoms with Crippen molar-refractivity contribution in [2.75, 3.05) is 25.5 Å². The number of esters is 1. The maximum atomic E-state index is 12.1. The zero-order valence-electron chi connectivity index (χ0n) is 15.4. The molecule has 0 aliphatic carbocycles. The summed E-state index contributed by atoms with van der Waals surface area (Å²) in [5.41, 5.74) is 1.56. The van der Waals surface area contributed by atoms with Gasteiger partial charge in [0.25, 0.3) is 5.91 Å². The van der Waals surface area contributed by atoms with Crippen molar-refractivity contribution in [1.82, 2.24) is 5.32 Å². The molecule has 0 aliphatic rings. The second-order valence-electron chi connectivity index (χ2n) is 6.34. The fourth-order valence-electron chi connectivity index (χ4n) is 1.90. The van der Waals surface area contributed by atoms with E-state index >= 15 is 0 Å². The predicted octanol–water partition coefficient (Wildman–Crippen LogP) is 2.36. The van der Waals surface area contributed by atoms with Crippen molar-refractivity contribution in [3.63, 3.8) is 0 Å². The maximum Gasteiger partial charge on any atom is 0.349 e. The topological polar surface area (TPSA) is 82.4 Å². The van der Waals surface area contributed by atoms with Crippen molar-refractivity contribution in [1.29, 1.82) is 5.26 Å². The monoisotopic (exact) mass is 343 g/mol. The van der Waals surface area contributed by atoms with E-state index in [2.05, 4.69) is 5.32 Å². The van der Waals surface area contributed by atoms with Gasteiger partial charge in [0.1, 0.15) is 11.6 Å². The van der Waals surface area contributed by atoms with E-state index in [1.807, 2.05) is 51.0 Å². The molecule has 6 heteroatoms. The number of benzene rings is 1. The number of carbonyl (C=O) groups is 2. The molecule has 1 rings (SSSR count). The third-order valence-electron chi connectivity index (χ3n) is 3.40. The van der Waals surface area contributed by atoms with E-state index in [4.69, 9.17) is 4.74 Å². The van der Waals surface area contributed by atoms with Gasteiger partial charge in [0, 0.05) is 26.3 Å². The fraction of sp³-hybridized carbons (Fsp3) is 0.421. The second kappa shape index (κ2) is 9.48. The van der Waals surface area contributed by atoms with E-state index in [1.54, 1.807) is 12.1 Å². The minimum absolute atomic E-state index is 0.152. The van der Waals surface area contributed by atoms with E-state index in [-0.39, 0.29) is 11.5 Å². The first-order chi connectivity index (χ1) is 11.7. The zero-order chi connectivity index (χ0) is 19.0. The van der Waals surface area contributed by atoms with Crippen LogP contribution in [0.15, 0.2) is 29.8 Å². The van der Waals surface area contributed by atoms with Gasteiger partial charge in [-0.1, -0.05) is 26.0 Å². The zero-order valence-corrected chi connectivity index (χ0v) is 15.4. The summed E-state index contributed by atoms with van der Waals surface area (Å²) >= 11 is 0. The van der Waals surface area contributed by atoms with Gasteiger partial charge in [-0.15, -0.1) is 0 Å². The molecule has 6 nitrogen and oxygen atoms in total. The van der Waals surface area contributed by atoms with Gasteiger partial charge < -0.3 is 15.0 Å². The van der Waals surface area contributed by atoms with Gasteiger partial charge in [0.2, 0.25) is 0 Å². The van der Waals surface area contributed by atoms with Gasteiger partial charge in [-0.25, -0.2) is 4.79 Å². The standard InChI is InChI=1S/C19H25N3O3/c1-13(2)12-21-18(23)14(3)25-19(24)16(11-20)10-15-6-8-17(9-7-15)22(4)5/h6-10,13-14H,12H2,1-5H3,(H,21,23)/b16-10+/t14-/m0/s1. The highest BCUT2D eigenvalue weighted by molar-refractivity contribution is 5.99. The first-order valence-corrected chi connectivity index (χ1v) is 8.12. The molecule has 0 saturated heterocycles. The summed E-state index contributed by atoms with van der Waals surface area (Å²) in [5.74, 6) is -0.896. The Kier molecular flexibility index (Phi) is 7.67. The molecule has 1 N–H and O–H groups in total. The maximum absolute atomic E-state index is 12.1. The minimum atomic E-state index is -0.959. The SMILES string of the molecule is CC(C)CNC(=O)[C@H](C)OC(=O)/C(C#N)=C/c1ccc(N(C)C)cc1. The lowest BCUT2D eigenvalue weighted by Crippen LogP contribution is -2.37. The number of nitrogens with one attached hydrogen (secondary N) is 1. The van der Waals surface area contributed by atoms with E-state index in [9.17, 15) is 14.9 Å². The molecule has 0 heterocycles. The number of ether oxygens (including phenoxy) is 1. The average molecular weight is 343 g/mol. The Labute approximate surface area is 149 Å². The molecule has 25 heavy (non-hydrogen) atoms. The van der Waals surface area contributed by atoms with E-state index in [0.717, 1.165) is 5.69 Å². The van der Waals surface area contributed by atoms with Crippen LogP contribution in [0.2, 0.25) is 0 Å². The highest BCUT2D eigenvalue weighted by Crippen LogP contribution is 2.15. The van der Waals surface area contributed by atoms with Crippen LogP contribution >= 0.6 is 0 Å². The van der Waals surface area contributed by atoms with Gasteiger partial charge in [0.15, 0.2) is 6.10 Å². The summed E-state index contributed by atoms with van der Waals surface area (Å²) in [5, 5.41) is 11.9. The number of amides is 1. The molecule has 0 unspecified atom stereocenters. The van der Waals surface area contributed by atoms with Crippen LogP contribution in [0.25, 0.3) is 6.08 Å². The number of nitriles is 1. The first-order valence-electron chi connectivity index (χ1n) is 8.12. The van der Waals surface area contributed by atoms with Gasteiger partial charge in [-0.05, 0) is 36.6 Å². The number of rotatable bonds is 7. The van der Waals surface area contributed by atoms with Crippen molar-refractivity contribution in [2.45, 2.75) is 26.9 Å². The van der Waals surface area contributed by atoms with Gasteiger partial charge in [0.05, 0.1) is 0 Å². The van der Waals surface area contributed by atoms with Gasteiger partial charge >= 0.3 is 5.97 Å². The molecular weight excluding hydrogens is 318 g/mol. The second-order valence-corrected chi connectivity index (χ2v) is 6.34. The predicted molar refractivity (Wildman–Crippen MR) is 97.8 cm³/mol. The number of nitrogens with zero attached hydrogens (tertiary/aromatic N) is 2. The van der Waals surface area contributed by atoms with Crippen LogP contribution in [0.1, 0.15) is 26.3 Å². The number of hydrogen-bond acceptors (Lipinski definition) is 5. The van der Waals surface area contributed by atoms with Crippen LogP contribution in [-0.4, -0.2) is 38.6 Å². The van der Waals surface area contributed by atoms with Crippen molar-refractivity contribution < 1.29 is 14.3 Å². The summed E-state index contributed by atoms with van der Waals surface area (Å²) in [6, 6.07) is 9.20. The third-order valence-corrected chi connectivity index (χ3v) is 3.40. The molecule has 134 valence electrons. The highest BCUT2D eigenvalue weighted by Gasteiger charge is 2.20. The third kappa shape index (κ3) is 6.68. The van der Waals surface area contributed by atoms with Crippen molar-refractivity contribution in [3.8, 4) is 6.07 Å².